The first kappa shape index (κ1) is 11.4. The Balaban J connectivity index is 1.87. The lowest BCUT2D eigenvalue weighted by molar-refractivity contribution is 0.484. The van der Waals surface area contributed by atoms with E-state index in [-0.39, 0.29) is 11.9 Å². The molecule has 0 radical (unpaired) electrons. The maximum Gasteiger partial charge on any atom is 0.183 e. The second kappa shape index (κ2) is 4.30. The second-order valence-electron chi connectivity index (χ2n) is 4.95. The van der Waals surface area contributed by atoms with Crippen molar-refractivity contribution in [2.45, 2.75) is 12.5 Å². The molecule has 1 aliphatic heterocycles. The van der Waals surface area contributed by atoms with Crippen molar-refractivity contribution in [3.05, 3.63) is 54.0 Å². The van der Waals surface area contributed by atoms with Gasteiger partial charge in [-0.2, -0.15) is 0 Å². The van der Waals surface area contributed by atoms with E-state index in [1.807, 2.05) is 28.9 Å². The van der Waals surface area contributed by atoms with E-state index in [0.29, 0.717) is 0 Å². The van der Waals surface area contributed by atoms with Crippen LogP contribution in [0.15, 0.2) is 42.6 Å². The highest BCUT2D eigenvalue weighted by atomic mass is 19.1. The van der Waals surface area contributed by atoms with E-state index < -0.39 is 0 Å². The summed E-state index contributed by atoms with van der Waals surface area (Å²) in [5.41, 5.74) is 1.81. The van der Waals surface area contributed by atoms with Crippen LogP contribution in [0, 0.1) is 5.82 Å². The van der Waals surface area contributed by atoms with E-state index in [2.05, 4.69) is 15.4 Å². The number of fused-ring (bicyclic) bond motifs is 3. The molecule has 0 aliphatic carbocycles. The normalized spacial score (nSPS) is 17.8. The molecule has 1 atom stereocenters. The summed E-state index contributed by atoms with van der Waals surface area (Å²) < 4.78 is 15.0. The van der Waals surface area contributed by atoms with Crippen LogP contribution in [0.2, 0.25) is 0 Å². The van der Waals surface area contributed by atoms with Gasteiger partial charge in [-0.05, 0) is 36.2 Å². The maximum atomic E-state index is 13.1. The van der Waals surface area contributed by atoms with Crippen molar-refractivity contribution >= 4 is 16.9 Å². The Morgan fingerprint density at radius 2 is 2.05 bits per heavy atom. The topological polar surface area (TPSA) is 42.7 Å². The fourth-order valence-corrected chi connectivity index (χ4v) is 2.78. The van der Waals surface area contributed by atoms with E-state index in [9.17, 15) is 4.39 Å². The van der Waals surface area contributed by atoms with Crippen LogP contribution in [0.5, 0.6) is 0 Å². The van der Waals surface area contributed by atoms with Gasteiger partial charge in [0.05, 0.1) is 11.4 Å². The van der Waals surface area contributed by atoms with Crippen molar-refractivity contribution in [2.24, 2.45) is 0 Å². The van der Waals surface area contributed by atoms with Gasteiger partial charge in [0.25, 0.3) is 0 Å². The summed E-state index contributed by atoms with van der Waals surface area (Å²) in [6.45, 7) is 0.873. The molecule has 100 valence electrons. The lowest BCUT2D eigenvalue weighted by atomic mass is 10.0. The van der Waals surface area contributed by atoms with E-state index in [4.69, 9.17) is 0 Å². The summed E-state index contributed by atoms with van der Waals surface area (Å²) >= 11 is 0. The average Bonchev–Trinajstić information content (AvgIpc) is 2.87. The van der Waals surface area contributed by atoms with E-state index in [1.165, 1.54) is 12.1 Å². The van der Waals surface area contributed by atoms with Gasteiger partial charge >= 0.3 is 0 Å². The average molecular weight is 268 g/mol. The number of benzene rings is 1. The minimum atomic E-state index is -0.213. The van der Waals surface area contributed by atoms with Gasteiger partial charge in [-0.15, -0.1) is 5.10 Å². The molecule has 20 heavy (non-hydrogen) atoms. The van der Waals surface area contributed by atoms with Crippen LogP contribution in [0.25, 0.3) is 11.0 Å². The van der Waals surface area contributed by atoms with Gasteiger partial charge < -0.3 is 5.32 Å². The molecule has 4 nitrogen and oxygen atoms in total. The smallest absolute Gasteiger partial charge is 0.183 e. The van der Waals surface area contributed by atoms with Crippen molar-refractivity contribution in [3.63, 3.8) is 0 Å². The number of pyridine rings is 1. The van der Waals surface area contributed by atoms with Crippen molar-refractivity contribution in [1.29, 1.82) is 0 Å². The Bertz CT molecular complexity index is 763. The molecule has 0 bridgehead atoms. The van der Waals surface area contributed by atoms with Crippen LogP contribution in [0.1, 0.15) is 18.0 Å². The molecule has 0 saturated heterocycles. The largest absolute Gasteiger partial charge is 0.370 e. The molecule has 4 rings (SSSR count). The molecule has 0 amide bonds. The van der Waals surface area contributed by atoms with Crippen LogP contribution >= 0.6 is 0 Å². The van der Waals surface area contributed by atoms with Crippen molar-refractivity contribution < 1.29 is 4.39 Å². The number of hydrogen-bond donors (Lipinski definition) is 1. The highest BCUT2D eigenvalue weighted by Crippen LogP contribution is 2.33. The Morgan fingerprint density at radius 3 is 2.90 bits per heavy atom. The Morgan fingerprint density at radius 1 is 1.20 bits per heavy atom. The fourth-order valence-electron chi connectivity index (χ4n) is 2.78. The summed E-state index contributed by atoms with van der Waals surface area (Å²) in [4.78, 5) is 4.30. The van der Waals surface area contributed by atoms with Gasteiger partial charge in [0.15, 0.2) is 5.65 Å². The monoisotopic (exact) mass is 268 g/mol. The van der Waals surface area contributed by atoms with E-state index >= 15 is 0 Å². The van der Waals surface area contributed by atoms with Crippen LogP contribution in [0.3, 0.4) is 0 Å². The van der Waals surface area contributed by atoms with Crippen LogP contribution < -0.4 is 5.32 Å². The summed E-state index contributed by atoms with van der Waals surface area (Å²) in [7, 11) is 0. The maximum absolute atomic E-state index is 13.1. The zero-order valence-corrected chi connectivity index (χ0v) is 10.8. The molecule has 5 heteroatoms. The van der Waals surface area contributed by atoms with Gasteiger partial charge in [-0.3, -0.25) is 0 Å². The minimum Gasteiger partial charge on any atom is -0.370 e. The molecular formula is C15H13FN4. The Hall–Kier alpha value is -2.43. The van der Waals surface area contributed by atoms with Gasteiger partial charge in [0.1, 0.15) is 11.6 Å². The highest BCUT2D eigenvalue weighted by molar-refractivity contribution is 5.87. The fraction of sp³-hybridized carbons (Fsp3) is 0.200. The molecule has 0 saturated carbocycles. The SMILES string of the molecule is Fc1ccc(C2CCNc3c4cccnc4nn32)cc1. The molecule has 1 aromatic carbocycles. The number of halogens is 1. The quantitative estimate of drug-likeness (QED) is 0.737. The number of aromatic nitrogens is 3. The molecule has 1 N–H and O–H groups in total. The summed E-state index contributed by atoms with van der Waals surface area (Å²) in [6, 6.07) is 10.7. The first-order chi connectivity index (χ1) is 9.83. The van der Waals surface area contributed by atoms with Crippen molar-refractivity contribution in [1.82, 2.24) is 14.8 Å². The van der Waals surface area contributed by atoms with Gasteiger partial charge in [0, 0.05) is 12.7 Å². The van der Waals surface area contributed by atoms with Crippen molar-refractivity contribution in [3.8, 4) is 0 Å². The first-order valence-electron chi connectivity index (χ1n) is 6.65. The number of rotatable bonds is 1. The van der Waals surface area contributed by atoms with Crippen LogP contribution in [0.4, 0.5) is 10.2 Å². The van der Waals surface area contributed by atoms with Gasteiger partial charge in [-0.1, -0.05) is 12.1 Å². The zero-order valence-electron chi connectivity index (χ0n) is 10.8. The predicted octanol–water partition coefficient (Wildman–Crippen LogP) is 2.98. The zero-order chi connectivity index (χ0) is 13.5. The molecule has 3 heterocycles. The number of anilines is 1. The predicted molar refractivity (Wildman–Crippen MR) is 75.2 cm³/mol. The van der Waals surface area contributed by atoms with E-state index in [1.54, 1.807) is 6.20 Å². The lowest BCUT2D eigenvalue weighted by Gasteiger charge is -2.26. The highest BCUT2D eigenvalue weighted by Gasteiger charge is 2.24. The summed E-state index contributed by atoms with van der Waals surface area (Å²) in [6.07, 6.45) is 2.67. The molecular weight excluding hydrogens is 255 g/mol. The third-order valence-electron chi connectivity index (χ3n) is 3.73. The summed E-state index contributed by atoms with van der Waals surface area (Å²) in [5.74, 6) is 0.781. The molecule has 1 aliphatic rings. The van der Waals surface area contributed by atoms with Gasteiger partial charge in [-0.25, -0.2) is 14.1 Å². The molecule has 1 unspecified atom stereocenters. The molecule has 3 aromatic rings. The third-order valence-corrected chi connectivity index (χ3v) is 3.73. The van der Waals surface area contributed by atoms with E-state index in [0.717, 1.165) is 35.4 Å². The number of hydrogen-bond acceptors (Lipinski definition) is 3. The Kier molecular flexibility index (Phi) is 2.45. The summed E-state index contributed by atoms with van der Waals surface area (Å²) in [5, 5.41) is 8.99. The first-order valence-corrected chi connectivity index (χ1v) is 6.65. The standard InChI is InChI=1S/C15H13FN4/c16-11-5-3-10(4-6-11)13-7-9-18-15-12-2-1-8-17-14(12)19-20(13)15/h1-6,8,13,18H,7,9H2. The van der Waals surface area contributed by atoms with Gasteiger partial charge in [0.2, 0.25) is 0 Å². The Labute approximate surface area is 115 Å². The molecule has 2 aromatic heterocycles. The van der Waals surface area contributed by atoms with Crippen LogP contribution in [-0.4, -0.2) is 21.3 Å². The number of nitrogens with zero attached hydrogens (tertiary/aromatic N) is 3. The number of nitrogens with one attached hydrogen (secondary N) is 1. The van der Waals surface area contributed by atoms with Crippen LogP contribution in [-0.2, 0) is 0 Å². The molecule has 0 spiro atoms. The lowest BCUT2D eigenvalue weighted by Crippen LogP contribution is -2.24. The molecule has 0 fully saturated rings. The second-order valence-corrected chi connectivity index (χ2v) is 4.95. The third kappa shape index (κ3) is 1.66. The minimum absolute atomic E-state index is 0.126. The van der Waals surface area contributed by atoms with Crippen molar-refractivity contribution in [2.75, 3.05) is 11.9 Å².